The molecule has 188 valence electrons. The first-order valence-corrected chi connectivity index (χ1v) is 11.0. The Hall–Kier alpha value is -3.31. The summed E-state index contributed by atoms with van der Waals surface area (Å²) in [6.45, 7) is 2.52. The molecule has 1 atom stereocenters. The van der Waals surface area contributed by atoms with Gasteiger partial charge in [0, 0.05) is 5.56 Å². The van der Waals surface area contributed by atoms with Gasteiger partial charge in [-0.15, -0.1) is 0 Å². The summed E-state index contributed by atoms with van der Waals surface area (Å²) in [5.74, 6) is -1.35. The first-order chi connectivity index (χ1) is 16.6. The standard InChI is InChI=1S/C23H23ClF3N3O5/c1-3-4-9-35-18-8-5-13(10-19(18)34-2)21(32)29-28-17-12-20(31)30(22(17)33)14-6-7-16(24)15(11-14)23(25,26)27/h5-8,10-11,17,28H,3-4,9,12H2,1-2H3,(H,29,32)/t17-/m1/s1. The van der Waals surface area contributed by atoms with E-state index in [-0.39, 0.29) is 17.7 Å². The molecule has 0 bridgehead atoms. The van der Waals surface area contributed by atoms with Gasteiger partial charge in [-0.05, 0) is 42.8 Å². The molecule has 0 aliphatic carbocycles. The van der Waals surface area contributed by atoms with Crippen molar-refractivity contribution in [2.24, 2.45) is 0 Å². The number of unbranched alkanes of at least 4 members (excludes halogenated alkanes) is 1. The van der Waals surface area contributed by atoms with Crippen molar-refractivity contribution < 1.29 is 37.0 Å². The molecule has 1 saturated heterocycles. The van der Waals surface area contributed by atoms with Crippen LogP contribution >= 0.6 is 11.6 Å². The summed E-state index contributed by atoms with van der Waals surface area (Å²) in [6.07, 6.45) is -3.32. The van der Waals surface area contributed by atoms with E-state index in [1.54, 1.807) is 6.07 Å². The second kappa shape index (κ2) is 11.0. The fraction of sp³-hybridized carbons (Fsp3) is 0.348. The molecule has 3 rings (SSSR count). The van der Waals surface area contributed by atoms with E-state index in [9.17, 15) is 27.6 Å². The van der Waals surface area contributed by atoms with Crippen LogP contribution in [0.25, 0.3) is 0 Å². The van der Waals surface area contributed by atoms with Crippen molar-refractivity contribution in [1.82, 2.24) is 10.9 Å². The average Bonchev–Trinajstić information content (AvgIpc) is 3.10. The zero-order chi connectivity index (χ0) is 25.8. The number of amides is 3. The summed E-state index contributed by atoms with van der Waals surface area (Å²) in [6, 6.07) is 6.11. The number of hydrazine groups is 1. The lowest BCUT2D eigenvalue weighted by Gasteiger charge is -2.18. The topological polar surface area (TPSA) is 97.0 Å². The summed E-state index contributed by atoms with van der Waals surface area (Å²) < 4.78 is 50.4. The minimum absolute atomic E-state index is 0.193. The van der Waals surface area contributed by atoms with E-state index in [4.69, 9.17) is 21.1 Å². The summed E-state index contributed by atoms with van der Waals surface area (Å²) in [4.78, 5) is 38.3. The van der Waals surface area contributed by atoms with Crippen molar-refractivity contribution >= 4 is 35.0 Å². The van der Waals surface area contributed by atoms with Crippen LogP contribution in [0.1, 0.15) is 42.1 Å². The fourth-order valence-electron chi connectivity index (χ4n) is 3.36. The number of alkyl halides is 3. The van der Waals surface area contributed by atoms with Crippen molar-refractivity contribution in [3.8, 4) is 11.5 Å². The lowest BCUT2D eigenvalue weighted by atomic mass is 10.2. The molecular formula is C23H23ClF3N3O5. The number of halogens is 4. The number of benzene rings is 2. The Morgan fingerprint density at radius 2 is 1.91 bits per heavy atom. The SMILES string of the molecule is CCCCOc1ccc(C(=O)NN[C@@H]2CC(=O)N(c3ccc(Cl)c(C(F)(F)F)c3)C2=O)cc1OC. The number of ether oxygens (including phenoxy) is 2. The van der Waals surface area contributed by atoms with Gasteiger partial charge in [0.1, 0.15) is 6.04 Å². The highest BCUT2D eigenvalue weighted by Crippen LogP contribution is 2.38. The van der Waals surface area contributed by atoms with Crippen molar-refractivity contribution in [3.63, 3.8) is 0 Å². The van der Waals surface area contributed by atoms with Gasteiger partial charge >= 0.3 is 6.18 Å². The third kappa shape index (κ3) is 6.04. The molecule has 1 aliphatic rings. The Morgan fingerprint density at radius 1 is 1.17 bits per heavy atom. The van der Waals surface area contributed by atoms with Crippen molar-refractivity contribution in [2.75, 3.05) is 18.6 Å². The molecule has 0 saturated carbocycles. The molecule has 0 unspecified atom stereocenters. The summed E-state index contributed by atoms with van der Waals surface area (Å²) in [5.41, 5.74) is 3.58. The maximum absolute atomic E-state index is 13.2. The summed E-state index contributed by atoms with van der Waals surface area (Å²) >= 11 is 5.61. The predicted molar refractivity (Wildman–Crippen MR) is 121 cm³/mol. The van der Waals surface area contributed by atoms with E-state index < -0.39 is 40.5 Å². The number of rotatable bonds is 9. The molecule has 0 radical (unpaired) electrons. The minimum atomic E-state index is -4.76. The molecule has 2 aromatic carbocycles. The summed E-state index contributed by atoms with van der Waals surface area (Å²) in [5, 5.41) is -0.556. The predicted octanol–water partition coefficient (Wildman–Crippen LogP) is 4.11. The Kier molecular flexibility index (Phi) is 8.23. The van der Waals surface area contributed by atoms with Gasteiger partial charge in [-0.2, -0.15) is 13.2 Å². The van der Waals surface area contributed by atoms with E-state index in [1.165, 1.54) is 19.2 Å². The molecule has 35 heavy (non-hydrogen) atoms. The first-order valence-electron chi connectivity index (χ1n) is 10.7. The number of nitrogens with zero attached hydrogens (tertiary/aromatic N) is 1. The molecule has 1 heterocycles. The Labute approximate surface area is 204 Å². The van der Waals surface area contributed by atoms with Gasteiger partial charge in [-0.3, -0.25) is 19.8 Å². The molecular weight excluding hydrogens is 491 g/mol. The van der Waals surface area contributed by atoms with E-state index in [1.807, 2.05) is 6.92 Å². The number of nitrogens with one attached hydrogen (secondary N) is 2. The molecule has 1 fully saturated rings. The van der Waals surface area contributed by atoms with Crippen molar-refractivity contribution in [1.29, 1.82) is 0 Å². The maximum atomic E-state index is 13.2. The van der Waals surface area contributed by atoms with Crippen LogP contribution in [0, 0.1) is 0 Å². The van der Waals surface area contributed by atoms with Crippen LogP contribution in [0.3, 0.4) is 0 Å². The molecule has 12 heteroatoms. The number of anilines is 1. The summed E-state index contributed by atoms with van der Waals surface area (Å²) in [7, 11) is 1.43. The third-order valence-electron chi connectivity index (χ3n) is 5.20. The van der Waals surface area contributed by atoms with E-state index in [0.717, 1.165) is 25.0 Å². The molecule has 3 amide bonds. The Bertz CT molecular complexity index is 1130. The lowest BCUT2D eigenvalue weighted by Crippen LogP contribution is -2.48. The van der Waals surface area contributed by atoms with Crippen LogP contribution in [-0.4, -0.2) is 37.5 Å². The van der Waals surface area contributed by atoms with Crippen LogP contribution in [0.15, 0.2) is 36.4 Å². The molecule has 1 aliphatic heterocycles. The fourth-order valence-corrected chi connectivity index (χ4v) is 3.59. The zero-order valence-electron chi connectivity index (χ0n) is 18.9. The molecule has 8 nitrogen and oxygen atoms in total. The highest BCUT2D eigenvalue weighted by atomic mass is 35.5. The molecule has 0 spiro atoms. The van der Waals surface area contributed by atoms with E-state index in [0.29, 0.717) is 29.1 Å². The van der Waals surface area contributed by atoms with Crippen LogP contribution in [0.5, 0.6) is 11.5 Å². The number of carbonyl (C=O) groups is 3. The van der Waals surface area contributed by atoms with Crippen molar-refractivity contribution in [2.45, 2.75) is 38.4 Å². The Balaban J connectivity index is 1.68. The van der Waals surface area contributed by atoms with Gasteiger partial charge < -0.3 is 9.47 Å². The normalized spacial score (nSPS) is 15.9. The number of carbonyl (C=O) groups excluding carboxylic acids is 3. The highest BCUT2D eigenvalue weighted by Gasteiger charge is 2.41. The van der Waals surface area contributed by atoms with Gasteiger partial charge in [0.2, 0.25) is 5.91 Å². The molecule has 2 N–H and O–H groups in total. The van der Waals surface area contributed by atoms with Crippen LogP contribution in [-0.2, 0) is 15.8 Å². The highest BCUT2D eigenvalue weighted by molar-refractivity contribution is 6.31. The second-order valence-electron chi connectivity index (χ2n) is 7.65. The minimum Gasteiger partial charge on any atom is -0.493 e. The van der Waals surface area contributed by atoms with Crippen molar-refractivity contribution in [3.05, 3.63) is 52.5 Å². The quantitative estimate of drug-likeness (QED) is 0.297. The van der Waals surface area contributed by atoms with Gasteiger partial charge in [-0.25, -0.2) is 10.3 Å². The number of imide groups is 1. The number of methoxy groups -OCH3 is 1. The van der Waals surface area contributed by atoms with Gasteiger partial charge in [0.05, 0.1) is 36.4 Å². The average molecular weight is 514 g/mol. The number of hydrogen-bond acceptors (Lipinski definition) is 6. The van der Waals surface area contributed by atoms with E-state index >= 15 is 0 Å². The second-order valence-corrected chi connectivity index (χ2v) is 8.06. The van der Waals surface area contributed by atoms with E-state index in [2.05, 4.69) is 10.9 Å². The lowest BCUT2D eigenvalue weighted by molar-refractivity contribution is -0.137. The smallest absolute Gasteiger partial charge is 0.417 e. The van der Waals surface area contributed by atoms with Crippen LogP contribution < -0.4 is 25.2 Å². The maximum Gasteiger partial charge on any atom is 0.417 e. The molecule has 0 aromatic heterocycles. The van der Waals surface area contributed by atoms with Gasteiger partial charge in [0.25, 0.3) is 11.8 Å². The van der Waals surface area contributed by atoms with Crippen LogP contribution in [0.2, 0.25) is 5.02 Å². The van der Waals surface area contributed by atoms with Crippen LogP contribution in [0.4, 0.5) is 18.9 Å². The largest absolute Gasteiger partial charge is 0.493 e. The Morgan fingerprint density at radius 3 is 2.57 bits per heavy atom. The number of hydrogen-bond donors (Lipinski definition) is 2. The molecule has 2 aromatic rings. The monoisotopic (exact) mass is 513 g/mol. The van der Waals surface area contributed by atoms with Gasteiger partial charge in [0.15, 0.2) is 11.5 Å². The van der Waals surface area contributed by atoms with Gasteiger partial charge in [-0.1, -0.05) is 24.9 Å². The third-order valence-corrected chi connectivity index (χ3v) is 5.53. The first kappa shape index (κ1) is 26.3. The zero-order valence-corrected chi connectivity index (χ0v) is 19.6.